The first kappa shape index (κ1) is 13.3. The van der Waals surface area contributed by atoms with E-state index in [4.69, 9.17) is 11.6 Å². The molecule has 0 saturated heterocycles. The summed E-state index contributed by atoms with van der Waals surface area (Å²) in [4.78, 5) is 15.2. The molecule has 0 spiro atoms. The van der Waals surface area contributed by atoms with Crippen LogP contribution < -0.4 is 5.32 Å². The molecule has 2 aromatic rings. The quantitative estimate of drug-likeness (QED) is 0.668. The van der Waals surface area contributed by atoms with Gasteiger partial charge in [-0.25, -0.2) is 4.98 Å². The first-order chi connectivity index (χ1) is 8.56. The van der Waals surface area contributed by atoms with Crippen LogP contribution in [-0.2, 0) is 6.54 Å². The molecular weight excluding hydrogens is 342 g/mol. The molecule has 0 aliphatic rings. The molecule has 0 fully saturated rings. The number of nitrogens with one attached hydrogen (secondary N) is 1. The Hall–Kier alpha value is -1.18. The molecule has 0 unspecified atom stereocenters. The number of anilines is 1. The molecule has 0 amide bonds. The monoisotopic (exact) mass is 347 g/mol. The lowest BCUT2D eigenvalue weighted by Gasteiger charge is -2.04. The number of halogens is 2. The fourth-order valence-electron chi connectivity index (χ4n) is 1.32. The molecule has 0 radical (unpaired) electrons. The molecule has 0 saturated carbocycles. The third kappa shape index (κ3) is 3.18. The number of nitrogens with zero attached hydrogens (tertiary/aromatic N) is 2. The summed E-state index contributed by atoms with van der Waals surface area (Å²) in [6.07, 6.45) is 1.67. The first-order valence-electron chi connectivity index (χ1n) is 4.84. The van der Waals surface area contributed by atoms with Crippen LogP contribution in [0.5, 0.6) is 0 Å². The van der Waals surface area contributed by atoms with Gasteiger partial charge in [0, 0.05) is 22.8 Å². The van der Waals surface area contributed by atoms with Crippen LogP contribution in [0.4, 0.5) is 11.4 Å². The Balaban J connectivity index is 2.10. The van der Waals surface area contributed by atoms with Gasteiger partial charge in [0.05, 0.1) is 15.9 Å². The predicted molar refractivity (Wildman–Crippen MR) is 75.2 cm³/mol. The van der Waals surface area contributed by atoms with Gasteiger partial charge in [0.15, 0.2) is 4.47 Å². The summed E-state index contributed by atoms with van der Waals surface area (Å²) in [5.74, 6) is 0. The Morgan fingerprint density at radius 3 is 2.94 bits per heavy atom. The summed E-state index contributed by atoms with van der Waals surface area (Å²) < 4.78 is 0.937. The molecule has 1 N–H and O–H groups in total. The molecule has 1 heterocycles. The van der Waals surface area contributed by atoms with Crippen molar-refractivity contribution in [2.45, 2.75) is 6.54 Å². The molecule has 0 aliphatic carbocycles. The van der Waals surface area contributed by atoms with E-state index in [-0.39, 0.29) is 5.69 Å². The highest BCUT2D eigenvalue weighted by atomic mass is 79.9. The lowest BCUT2D eigenvalue weighted by molar-refractivity contribution is -0.385. The zero-order valence-corrected chi connectivity index (χ0v) is 12.1. The van der Waals surface area contributed by atoms with Crippen molar-refractivity contribution in [3.8, 4) is 0 Å². The smallest absolute Gasteiger partial charge is 0.285 e. The number of hydrogen-bond acceptors (Lipinski definition) is 5. The fourth-order valence-corrected chi connectivity index (χ4v) is 2.63. The Labute approximate surface area is 120 Å². The van der Waals surface area contributed by atoms with Crippen molar-refractivity contribution in [3.05, 3.63) is 48.3 Å². The summed E-state index contributed by atoms with van der Waals surface area (Å²) in [5.41, 5.74) is 0.705. The van der Waals surface area contributed by atoms with Gasteiger partial charge in [-0.05, 0) is 28.1 Å². The van der Waals surface area contributed by atoms with Gasteiger partial charge in [-0.1, -0.05) is 11.6 Å². The number of thiazole rings is 1. The van der Waals surface area contributed by atoms with Crippen molar-refractivity contribution in [1.82, 2.24) is 4.98 Å². The second-order valence-electron chi connectivity index (χ2n) is 3.36. The average molecular weight is 349 g/mol. The standard InChI is InChI=1S/C10H7BrClN3O2S/c11-8-2-1-6(3-9(8)15(16)17)13-4-7-5-14-10(12)18-7/h1-3,5,13H,4H2. The number of aromatic nitrogens is 1. The summed E-state index contributed by atoms with van der Waals surface area (Å²) in [6.45, 7) is 0.531. The fraction of sp³-hybridized carbons (Fsp3) is 0.100. The molecule has 5 nitrogen and oxygen atoms in total. The molecule has 0 aliphatic heterocycles. The second kappa shape index (κ2) is 5.64. The van der Waals surface area contributed by atoms with Crippen LogP contribution >= 0.6 is 38.9 Å². The van der Waals surface area contributed by atoms with Gasteiger partial charge in [0.1, 0.15) is 0 Å². The molecule has 1 aromatic carbocycles. The molecule has 94 valence electrons. The normalized spacial score (nSPS) is 10.3. The summed E-state index contributed by atoms with van der Waals surface area (Å²) in [6, 6.07) is 4.88. The van der Waals surface area contributed by atoms with E-state index < -0.39 is 4.92 Å². The van der Waals surface area contributed by atoms with E-state index in [1.54, 1.807) is 18.3 Å². The first-order valence-corrected chi connectivity index (χ1v) is 6.83. The molecule has 0 atom stereocenters. The lowest BCUT2D eigenvalue weighted by Crippen LogP contribution is -1.98. The van der Waals surface area contributed by atoms with Crippen molar-refractivity contribution in [2.24, 2.45) is 0 Å². The molecule has 8 heteroatoms. The predicted octanol–water partition coefficient (Wildman–Crippen LogP) is 4.08. The van der Waals surface area contributed by atoms with Crippen molar-refractivity contribution >= 4 is 50.2 Å². The van der Waals surface area contributed by atoms with Crippen LogP contribution in [0.3, 0.4) is 0 Å². The highest BCUT2D eigenvalue weighted by Gasteiger charge is 2.12. The summed E-state index contributed by atoms with van der Waals surface area (Å²) >= 11 is 10.2. The van der Waals surface area contributed by atoms with Crippen LogP contribution in [-0.4, -0.2) is 9.91 Å². The maximum absolute atomic E-state index is 10.8. The lowest BCUT2D eigenvalue weighted by atomic mass is 10.3. The van der Waals surface area contributed by atoms with E-state index >= 15 is 0 Å². The summed E-state index contributed by atoms with van der Waals surface area (Å²) in [5, 5.41) is 13.9. The van der Waals surface area contributed by atoms with E-state index in [9.17, 15) is 10.1 Å². The molecule has 2 rings (SSSR count). The number of hydrogen-bond donors (Lipinski definition) is 1. The number of nitro groups is 1. The largest absolute Gasteiger partial charge is 0.380 e. The number of nitro benzene ring substituents is 1. The van der Waals surface area contributed by atoms with Crippen LogP contribution in [0.25, 0.3) is 0 Å². The van der Waals surface area contributed by atoms with Crippen molar-refractivity contribution in [1.29, 1.82) is 0 Å². The van der Waals surface area contributed by atoms with Gasteiger partial charge >= 0.3 is 0 Å². The Kier molecular flexibility index (Phi) is 4.15. The Morgan fingerprint density at radius 2 is 2.33 bits per heavy atom. The SMILES string of the molecule is O=[N+]([O-])c1cc(NCc2cnc(Cl)s2)ccc1Br. The van der Waals surface area contributed by atoms with E-state index in [2.05, 4.69) is 26.2 Å². The van der Waals surface area contributed by atoms with Gasteiger partial charge in [-0.2, -0.15) is 0 Å². The van der Waals surface area contributed by atoms with Crippen LogP contribution in [0.2, 0.25) is 4.47 Å². The van der Waals surface area contributed by atoms with Crippen LogP contribution in [0.1, 0.15) is 4.88 Å². The van der Waals surface area contributed by atoms with Crippen molar-refractivity contribution in [3.63, 3.8) is 0 Å². The summed E-state index contributed by atoms with van der Waals surface area (Å²) in [7, 11) is 0. The van der Waals surface area contributed by atoms with E-state index in [0.29, 0.717) is 21.2 Å². The molecule has 0 bridgehead atoms. The van der Waals surface area contributed by atoms with Gasteiger partial charge in [-0.15, -0.1) is 11.3 Å². The average Bonchev–Trinajstić information content (AvgIpc) is 2.74. The van der Waals surface area contributed by atoms with Crippen molar-refractivity contribution < 1.29 is 4.92 Å². The molecular formula is C10H7BrClN3O2S. The van der Waals surface area contributed by atoms with Gasteiger partial charge in [-0.3, -0.25) is 10.1 Å². The van der Waals surface area contributed by atoms with Gasteiger partial charge in [0.2, 0.25) is 0 Å². The minimum atomic E-state index is -0.432. The maximum atomic E-state index is 10.8. The highest BCUT2D eigenvalue weighted by molar-refractivity contribution is 9.10. The Morgan fingerprint density at radius 1 is 1.56 bits per heavy atom. The highest BCUT2D eigenvalue weighted by Crippen LogP contribution is 2.28. The maximum Gasteiger partial charge on any atom is 0.285 e. The van der Waals surface area contributed by atoms with Gasteiger partial charge < -0.3 is 5.32 Å². The number of benzene rings is 1. The molecule has 18 heavy (non-hydrogen) atoms. The van der Waals surface area contributed by atoms with E-state index in [0.717, 1.165) is 4.88 Å². The third-order valence-corrected chi connectivity index (χ3v) is 3.92. The number of rotatable bonds is 4. The third-order valence-electron chi connectivity index (χ3n) is 2.13. The molecule has 1 aromatic heterocycles. The minimum absolute atomic E-state index is 0.0299. The van der Waals surface area contributed by atoms with Crippen LogP contribution in [0.15, 0.2) is 28.9 Å². The minimum Gasteiger partial charge on any atom is -0.380 e. The second-order valence-corrected chi connectivity index (χ2v) is 5.91. The Bertz CT molecular complexity index is 590. The topological polar surface area (TPSA) is 68.1 Å². The zero-order valence-electron chi connectivity index (χ0n) is 8.89. The van der Waals surface area contributed by atoms with E-state index in [1.807, 2.05) is 0 Å². The van der Waals surface area contributed by atoms with E-state index in [1.165, 1.54) is 17.4 Å². The zero-order chi connectivity index (χ0) is 13.1. The van der Waals surface area contributed by atoms with Gasteiger partial charge in [0.25, 0.3) is 5.69 Å². The van der Waals surface area contributed by atoms with Crippen molar-refractivity contribution in [2.75, 3.05) is 5.32 Å². The van der Waals surface area contributed by atoms with Crippen LogP contribution in [0, 0.1) is 10.1 Å².